The lowest BCUT2D eigenvalue weighted by atomic mass is 10.1. The van der Waals surface area contributed by atoms with Crippen molar-refractivity contribution >= 4 is 11.6 Å². The van der Waals surface area contributed by atoms with Crippen LogP contribution in [0.1, 0.15) is 16.1 Å². The normalized spacial score (nSPS) is 13.2. The second-order valence-electron chi connectivity index (χ2n) is 5.14. The van der Waals surface area contributed by atoms with E-state index in [9.17, 15) is 4.79 Å². The molecule has 1 aliphatic heterocycles. The maximum absolute atomic E-state index is 12.6. The summed E-state index contributed by atoms with van der Waals surface area (Å²) in [7, 11) is 0. The van der Waals surface area contributed by atoms with Crippen molar-refractivity contribution in [2.24, 2.45) is 0 Å². The summed E-state index contributed by atoms with van der Waals surface area (Å²) in [6.45, 7) is 0.671. The lowest BCUT2D eigenvalue weighted by Gasteiger charge is -2.16. The summed E-state index contributed by atoms with van der Waals surface area (Å²) in [6.07, 6.45) is 4.09. The Labute approximate surface area is 127 Å². The van der Waals surface area contributed by atoms with Crippen LogP contribution in [0.4, 0.5) is 5.69 Å². The smallest absolute Gasteiger partial charge is 0.276 e. The van der Waals surface area contributed by atoms with Gasteiger partial charge in [-0.1, -0.05) is 11.2 Å². The van der Waals surface area contributed by atoms with E-state index < -0.39 is 0 Å². The molecule has 0 aliphatic carbocycles. The van der Waals surface area contributed by atoms with E-state index in [1.54, 1.807) is 29.4 Å². The summed E-state index contributed by atoms with van der Waals surface area (Å²) < 4.78 is 5.18. The zero-order chi connectivity index (χ0) is 14.9. The van der Waals surface area contributed by atoms with E-state index in [1.165, 1.54) is 0 Å². The molecule has 3 aromatic rings. The molecule has 0 saturated carbocycles. The minimum atomic E-state index is -0.0632. The van der Waals surface area contributed by atoms with E-state index in [-0.39, 0.29) is 5.91 Å². The first-order chi connectivity index (χ1) is 10.8. The monoisotopic (exact) mass is 291 g/mol. The highest BCUT2D eigenvalue weighted by molar-refractivity contribution is 6.06. The predicted molar refractivity (Wildman–Crippen MR) is 81.6 cm³/mol. The molecule has 108 valence electrons. The first-order valence-corrected chi connectivity index (χ1v) is 7.10. The Bertz CT molecular complexity index is 813. The average Bonchev–Trinajstić information content (AvgIpc) is 3.24. The van der Waals surface area contributed by atoms with Gasteiger partial charge in [0.15, 0.2) is 5.76 Å². The average molecular weight is 291 g/mol. The third kappa shape index (κ3) is 2.07. The maximum Gasteiger partial charge on any atom is 0.276 e. The first-order valence-electron chi connectivity index (χ1n) is 7.10. The Balaban J connectivity index is 1.67. The number of anilines is 1. The number of aromatic nitrogens is 2. The molecule has 0 saturated heterocycles. The van der Waals surface area contributed by atoms with Gasteiger partial charge in [0.1, 0.15) is 5.69 Å². The van der Waals surface area contributed by atoms with E-state index in [2.05, 4.69) is 16.2 Å². The van der Waals surface area contributed by atoms with Crippen LogP contribution in [0.15, 0.2) is 59.4 Å². The van der Waals surface area contributed by atoms with E-state index in [4.69, 9.17) is 4.52 Å². The van der Waals surface area contributed by atoms with Gasteiger partial charge in [0.2, 0.25) is 0 Å². The van der Waals surface area contributed by atoms with Gasteiger partial charge in [-0.2, -0.15) is 0 Å². The predicted octanol–water partition coefficient (Wildman–Crippen LogP) is 2.94. The van der Waals surface area contributed by atoms with Gasteiger partial charge in [-0.25, -0.2) is 0 Å². The molecule has 1 aromatic carbocycles. The number of amides is 1. The molecule has 0 spiro atoms. The zero-order valence-electron chi connectivity index (χ0n) is 11.8. The third-order valence-electron chi connectivity index (χ3n) is 3.83. The van der Waals surface area contributed by atoms with Crippen molar-refractivity contribution in [3.05, 3.63) is 66.1 Å². The van der Waals surface area contributed by atoms with E-state index in [0.717, 1.165) is 29.0 Å². The van der Waals surface area contributed by atoms with Crippen molar-refractivity contribution in [1.29, 1.82) is 0 Å². The molecular weight excluding hydrogens is 278 g/mol. The molecule has 0 N–H and O–H groups in total. The number of hydrogen-bond acceptors (Lipinski definition) is 4. The number of carbonyl (C=O) groups is 1. The number of rotatable bonds is 2. The van der Waals surface area contributed by atoms with Crippen LogP contribution in [0.2, 0.25) is 0 Å². The quantitative estimate of drug-likeness (QED) is 0.728. The molecule has 0 fully saturated rings. The summed E-state index contributed by atoms with van der Waals surface area (Å²) >= 11 is 0. The van der Waals surface area contributed by atoms with Crippen LogP contribution in [0.3, 0.4) is 0 Å². The molecule has 3 heterocycles. The summed E-state index contributed by atoms with van der Waals surface area (Å²) in [5.74, 6) is 0.670. The highest BCUT2D eigenvalue weighted by Gasteiger charge is 2.26. The van der Waals surface area contributed by atoms with Crippen LogP contribution in [0.25, 0.3) is 11.3 Å². The van der Waals surface area contributed by atoms with Crippen LogP contribution in [0, 0.1) is 0 Å². The number of fused-ring (bicyclic) bond motifs is 1. The van der Waals surface area contributed by atoms with Gasteiger partial charge in [0, 0.05) is 30.1 Å². The summed E-state index contributed by atoms with van der Waals surface area (Å²) in [6, 6.07) is 13.2. The van der Waals surface area contributed by atoms with Crippen molar-refractivity contribution in [2.45, 2.75) is 6.42 Å². The molecule has 5 heteroatoms. The standard InChI is InChI=1S/C17H13N3O2/c21-17(14-3-1-2-8-18-14)20-10-7-12-11-13(4-5-15(12)20)16-6-9-19-22-16/h1-6,8-9,11H,7,10H2. The number of carbonyl (C=O) groups excluding carboxylic acids is 1. The second-order valence-corrected chi connectivity index (χ2v) is 5.14. The van der Waals surface area contributed by atoms with Crippen LogP contribution >= 0.6 is 0 Å². The van der Waals surface area contributed by atoms with Crippen molar-refractivity contribution in [3.63, 3.8) is 0 Å². The van der Waals surface area contributed by atoms with Crippen molar-refractivity contribution in [3.8, 4) is 11.3 Å². The Morgan fingerprint density at radius 1 is 1.14 bits per heavy atom. The van der Waals surface area contributed by atoms with Crippen LogP contribution < -0.4 is 4.90 Å². The molecule has 0 bridgehead atoms. The van der Waals surface area contributed by atoms with Crippen LogP contribution in [0.5, 0.6) is 0 Å². The van der Waals surface area contributed by atoms with E-state index in [1.807, 2.05) is 24.3 Å². The lowest BCUT2D eigenvalue weighted by Crippen LogP contribution is -2.29. The van der Waals surface area contributed by atoms with Crippen molar-refractivity contribution in [1.82, 2.24) is 10.1 Å². The molecule has 22 heavy (non-hydrogen) atoms. The molecule has 0 unspecified atom stereocenters. The van der Waals surface area contributed by atoms with Crippen molar-refractivity contribution < 1.29 is 9.32 Å². The largest absolute Gasteiger partial charge is 0.356 e. The first kappa shape index (κ1) is 12.8. The Morgan fingerprint density at radius 3 is 2.86 bits per heavy atom. The topological polar surface area (TPSA) is 59.2 Å². The molecule has 1 amide bonds. The zero-order valence-corrected chi connectivity index (χ0v) is 11.8. The van der Waals surface area contributed by atoms with Crippen LogP contribution in [-0.4, -0.2) is 22.6 Å². The fourth-order valence-corrected chi connectivity index (χ4v) is 2.76. The molecule has 0 radical (unpaired) electrons. The van der Waals surface area contributed by atoms with E-state index >= 15 is 0 Å². The van der Waals surface area contributed by atoms with Gasteiger partial charge < -0.3 is 9.42 Å². The molecule has 2 aromatic heterocycles. The van der Waals surface area contributed by atoms with E-state index in [0.29, 0.717) is 12.2 Å². The molecular formula is C17H13N3O2. The summed E-state index contributed by atoms with van der Waals surface area (Å²) in [4.78, 5) is 18.5. The Morgan fingerprint density at radius 2 is 2.09 bits per heavy atom. The number of nitrogens with zero attached hydrogens (tertiary/aromatic N) is 3. The lowest BCUT2D eigenvalue weighted by molar-refractivity contribution is 0.0984. The minimum absolute atomic E-state index is 0.0632. The van der Waals surface area contributed by atoms with Gasteiger partial charge in [0.25, 0.3) is 5.91 Å². The third-order valence-corrected chi connectivity index (χ3v) is 3.83. The van der Waals surface area contributed by atoms with Gasteiger partial charge in [0.05, 0.1) is 6.20 Å². The van der Waals surface area contributed by atoms with Crippen LogP contribution in [-0.2, 0) is 6.42 Å². The fourth-order valence-electron chi connectivity index (χ4n) is 2.76. The molecule has 5 nitrogen and oxygen atoms in total. The Hall–Kier alpha value is -2.95. The number of pyridine rings is 1. The fraction of sp³-hybridized carbons (Fsp3) is 0.118. The molecule has 4 rings (SSSR count). The number of hydrogen-bond donors (Lipinski definition) is 0. The SMILES string of the molecule is O=C(c1ccccn1)N1CCc2cc(-c3ccno3)ccc21. The molecule has 0 atom stereocenters. The van der Waals surface area contributed by atoms with Gasteiger partial charge in [-0.3, -0.25) is 9.78 Å². The highest BCUT2D eigenvalue weighted by atomic mass is 16.5. The minimum Gasteiger partial charge on any atom is -0.356 e. The van der Waals surface area contributed by atoms with Crippen molar-refractivity contribution in [2.75, 3.05) is 11.4 Å². The summed E-state index contributed by atoms with van der Waals surface area (Å²) in [5.41, 5.74) is 3.52. The second kappa shape index (κ2) is 5.11. The van der Waals surface area contributed by atoms with Gasteiger partial charge in [-0.15, -0.1) is 0 Å². The number of benzene rings is 1. The Kier molecular flexibility index (Phi) is 2.96. The maximum atomic E-state index is 12.6. The van der Waals surface area contributed by atoms with Gasteiger partial charge in [-0.05, 0) is 42.3 Å². The summed E-state index contributed by atoms with van der Waals surface area (Å²) in [5, 5.41) is 3.73. The highest BCUT2D eigenvalue weighted by Crippen LogP contribution is 2.32. The van der Waals surface area contributed by atoms with Gasteiger partial charge >= 0.3 is 0 Å². The molecule has 1 aliphatic rings.